The van der Waals surface area contributed by atoms with Gasteiger partial charge in [0, 0.05) is 17.8 Å². The summed E-state index contributed by atoms with van der Waals surface area (Å²) >= 11 is 0. The summed E-state index contributed by atoms with van der Waals surface area (Å²) < 4.78 is 0. The van der Waals surface area contributed by atoms with Gasteiger partial charge in [0.2, 0.25) is 0 Å². The number of nitrogens with one attached hydrogen (secondary N) is 2. The van der Waals surface area contributed by atoms with Crippen molar-refractivity contribution in [1.82, 2.24) is 5.32 Å². The number of nitrogens with two attached hydrogens (primary N) is 1. The van der Waals surface area contributed by atoms with Crippen LogP contribution in [0.3, 0.4) is 0 Å². The van der Waals surface area contributed by atoms with Crippen LogP contribution in [0.1, 0.15) is 37.0 Å². The molecule has 1 aromatic carbocycles. The molecule has 1 aromatic rings. The summed E-state index contributed by atoms with van der Waals surface area (Å²) in [6, 6.07) is 6.00. The lowest BCUT2D eigenvalue weighted by atomic mass is 10.0. The fraction of sp³-hybridized carbons (Fsp3) is 0.429. The number of primary amides is 1. The summed E-state index contributed by atoms with van der Waals surface area (Å²) in [6.45, 7) is 4.92. The molecule has 0 saturated carbocycles. The van der Waals surface area contributed by atoms with Crippen molar-refractivity contribution in [1.29, 1.82) is 0 Å². The lowest BCUT2D eigenvalue weighted by molar-refractivity contribution is 0.0946. The van der Waals surface area contributed by atoms with Gasteiger partial charge in [0.15, 0.2) is 0 Å². The molecule has 0 radical (unpaired) electrons. The molecule has 0 spiro atoms. The van der Waals surface area contributed by atoms with Crippen LogP contribution in [0.4, 0.5) is 10.5 Å². The first-order valence-electron chi connectivity index (χ1n) is 6.51. The van der Waals surface area contributed by atoms with E-state index in [9.17, 15) is 9.59 Å². The van der Waals surface area contributed by atoms with E-state index in [0.29, 0.717) is 23.7 Å². The van der Waals surface area contributed by atoms with E-state index in [1.807, 2.05) is 0 Å². The summed E-state index contributed by atoms with van der Waals surface area (Å²) in [4.78, 5) is 22.6. The van der Waals surface area contributed by atoms with E-state index in [1.54, 1.807) is 24.3 Å². The van der Waals surface area contributed by atoms with Crippen molar-refractivity contribution in [3.8, 4) is 0 Å². The molecule has 0 atom stereocenters. The Balaban J connectivity index is 2.55. The van der Waals surface area contributed by atoms with Crippen molar-refractivity contribution in [3.05, 3.63) is 29.8 Å². The minimum absolute atomic E-state index is 0.0995. The molecule has 104 valence electrons. The molecule has 0 heterocycles. The van der Waals surface area contributed by atoms with Gasteiger partial charge in [0.05, 0.1) is 0 Å². The molecule has 0 unspecified atom stereocenters. The molecular weight excluding hydrogens is 242 g/mol. The third-order valence-electron chi connectivity index (χ3n) is 3.12. The molecule has 0 fully saturated rings. The third kappa shape index (κ3) is 4.99. The fourth-order valence-electron chi connectivity index (χ4n) is 1.76. The van der Waals surface area contributed by atoms with E-state index in [-0.39, 0.29) is 5.91 Å². The lowest BCUT2D eigenvalue weighted by Crippen LogP contribution is -2.28. The zero-order chi connectivity index (χ0) is 14.3. The summed E-state index contributed by atoms with van der Waals surface area (Å²) in [5, 5.41) is 5.36. The van der Waals surface area contributed by atoms with Crippen molar-refractivity contribution in [2.75, 3.05) is 11.9 Å². The number of hydrogen-bond donors (Lipinski definition) is 3. The van der Waals surface area contributed by atoms with Crippen LogP contribution in [-0.2, 0) is 0 Å². The van der Waals surface area contributed by atoms with Gasteiger partial charge in [-0.05, 0) is 30.2 Å². The van der Waals surface area contributed by atoms with Crippen molar-refractivity contribution >= 4 is 17.6 Å². The Hall–Kier alpha value is -2.04. The van der Waals surface area contributed by atoms with Crippen molar-refractivity contribution < 1.29 is 9.59 Å². The monoisotopic (exact) mass is 263 g/mol. The number of anilines is 1. The Morgan fingerprint density at radius 2 is 1.74 bits per heavy atom. The molecule has 5 nitrogen and oxygen atoms in total. The number of hydrogen-bond acceptors (Lipinski definition) is 2. The van der Waals surface area contributed by atoms with Gasteiger partial charge in [-0.15, -0.1) is 0 Å². The Bertz CT molecular complexity index is 425. The second-order valence-corrected chi connectivity index (χ2v) is 4.46. The molecule has 1 rings (SSSR count). The normalized spacial score (nSPS) is 10.3. The highest BCUT2D eigenvalue weighted by atomic mass is 16.2. The minimum atomic E-state index is -0.620. The standard InChI is InChI=1S/C14H21N3O2/c1-3-10(4-2)9-16-13(18)11-5-7-12(8-6-11)17-14(15)19/h5-8,10H,3-4,9H2,1-2H3,(H,16,18)(H3,15,17,19). The Labute approximate surface area is 113 Å². The first-order valence-corrected chi connectivity index (χ1v) is 6.51. The summed E-state index contributed by atoms with van der Waals surface area (Å²) in [7, 11) is 0. The number of benzene rings is 1. The third-order valence-corrected chi connectivity index (χ3v) is 3.12. The Morgan fingerprint density at radius 1 is 1.16 bits per heavy atom. The molecule has 5 heteroatoms. The maximum absolute atomic E-state index is 11.9. The molecule has 19 heavy (non-hydrogen) atoms. The minimum Gasteiger partial charge on any atom is -0.352 e. The van der Waals surface area contributed by atoms with Gasteiger partial charge in [0.25, 0.3) is 5.91 Å². The van der Waals surface area contributed by atoms with Gasteiger partial charge in [-0.25, -0.2) is 4.79 Å². The van der Waals surface area contributed by atoms with E-state index in [2.05, 4.69) is 24.5 Å². The van der Waals surface area contributed by atoms with Crippen molar-refractivity contribution in [2.24, 2.45) is 11.7 Å². The van der Waals surface area contributed by atoms with Gasteiger partial charge in [-0.1, -0.05) is 26.7 Å². The van der Waals surface area contributed by atoms with Crippen LogP contribution in [0.25, 0.3) is 0 Å². The summed E-state index contributed by atoms with van der Waals surface area (Å²) in [5.74, 6) is 0.414. The molecule has 0 aromatic heterocycles. The largest absolute Gasteiger partial charge is 0.352 e. The zero-order valence-electron chi connectivity index (χ0n) is 11.4. The van der Waals surface area contributed by atoms with E-state index in [1.165, 1.54) is 0 Å². The lowest BCUT2D eigenvalue weighted by Gasteiger charge is -2.13. The number of carbonyl (C=O) groups excluding carboxylic acids is 2. The summed E-state index contributed by atoms with van der Waals surface area (Å²) in [5.41, 5.74) is 6.15. The number of carbonyl (C=O) groups is 2. The van der Waals surface area contributed by atoms with Crippen molar-refractivity contribution in [3.63, 3.8) is 0 Å². The Morgan fingerprint density at radius 3 is 2.21 bits per heavy atom. The van der Waals surface area contributed by atoms with E-state index >= 15 is 0 Å². The van der Waals surface area contributed by atoms with Gasteiger partial charge in [-0.3, -0.25) is 4.79 Å². The maximum Gasteiger partial charge on any atom is 0.316 e. The zero-order valence-corrected chi connectivity index (χ0v) is 11.4. The molecule has 0 aliphatic carbocycles. The van der Waals surface area contributed by atoms with Crippen LogP contribution in [0, 0.1) is 5.92 Å². The molecule has 0 bridgehead atoms. The highest BCUT2D eigenvalue weighted by Gasteiger charge is 2.08. The van der Waals surface area contributed by atoms with Gasteiger partial charge in [-0.2, -0.15) is 0 Å². The van der Waals surface area contributed by atoms with Crippen LogP contribution < -0.4 is 16.4 Å². The second kappa shape index (κ2) is 7.41. The number of amides is 3. The molecule has 0 aliphatic heterocycles. The molecular formula is C14H21N3O2. The maximum atomic E-state index is 11.9. The fourth-order valence-corrected chi connectivity index (χ4v) is 1.76. The average Bonchev–Trinajstić information content (AvgIpc) is 2.39. The molecule has 3 amide bonds. The highest BCUT2D eigenvalue weighted by Crippen LogP contribution is 2.10. The smallest absolute Gasteiger partial charge is 0.316 e. The van der Waals surface area contributed by atoms with Gasteiger partial charge in [0.1, 0.15) is 0 Å². The SMILES string of the molecule is CCC(CC)CNC(=O)c1ccc(NC(N)=O)cc1. The molecule has 4 N–H and O–H groups in total. The van der Waals surface area contributed by atoms with Crippen LogP contribution in [0.5, 0.6) is 0 Å². The summed E-state index contributed by atoms with van der Waals surface area (Å²) in [6.07, 6.45) is 2.11. The van der Waals surface area contributed by atoms with E-state index in [0.717, 1.165) is 12.8 Å². The number of rotatable bonds is 6. The quantitative estimate of drug-likeness (QED) is 0.736. The molecule has 0 saturated heterocycles. The number of urea groups is 1. The predicted octanol–water partition coefficient (Wildman–Crippen LogP) is 2.34. The van der Waals surface area contributed by atoms with Crippen molar-refractivity contribution in [2.45, 2.75) is 26.7 Å². The van der Waals surface area contributed by atoms with Crippen LogP contribution in [0.2, 0.25) is 0 Å². The topological polar surface area (TPSA) is 84.2 Å². The predicted molar refractivity (Wildman–Crippen MR) is 76.1 cm³/mol. The second-order valence-electron chi connectivity index (χ2n) is 4.46. The van der Waals surface area contributed by atoms with E-state index < -0.39 is 6.03 Å². The van der Waals surface area contributed by atoms with Gasteiger partial charge >= 0.3 is 6.03 Å². The highest BCUT2D eigenvalue weighted by molar-refractivity contribution is 5.95. The first kappa shape index (κ1) is 15.0. The molecule has 0 aliphatic rings. The van der Waals surface area contributed by atoms with Crippen LogP contribution >= 0.6 is 0 Å². The van der Waals surface area contributed by atoms with Crippen LogP contribution in [-0.4, -0.2) is 18.5 Å². The first-order chi connectivity index (χ1) is 9.06. The average molecular weight is 263 g/mol. The van der Waals surface area contributed by atoms with E-state index in [4.69, 9.17) is 5.73 Å². The Kier molecular flexibility index (Phi) is 5.85. The van der Waals surface area contributed by atoms with Gasteiger partial charge < -0.3 is 16.4 Å². The van der Waals surface area contributed by atoms with Crippen LogP contribution in [0.15, 0.2) is 24.3 Å².